The first-order valence-corrected chi connectivity index (χ1v) is 17.7. The fourth-order valence-electron chi connectivity index (χ4n) is 7.86. The second kappa shape index (κ2) is 16.7. The first-order valence-electron chi connectivity index (χ1n) is 17.3. The van der Waals surface area contributed by atoms with Crippen LogP contribution in [0.5, 0.6) is 0 Å². The molecule has 7 unspecified atom stereocenters. The predicted octanol–water partition coefficient (Wildman–Crippen LogP) is 1.09. The highest BCUT2D eigenvalue weighted by Gasteiger charge is 2.42. The zero-order valence-electron chi connectivity index (χ0n) is 26.9. The number of nitrogens with zero attached hydrogens (tertiary/aromatic N) is 2. The summed E-state index contributed by atoms with van der Waals surface area (Å²) in [5, 5.41) is 24.3. The van der Waals surface area contributed by atoms with Crippen LogP contribution in [-0.2, 0) is 19.1 Å². The number of hydrogen-bond donors (Lipinski definition) is 5. The van der Waals surface area contributed by atoms with Crippen molar-refractivity contribution >= 4 is 23.4 Å². The molecule has 11 nitrogen and oxygen atoms in total. The van der Waals surface area contributed by atoms with E-state index in [2.05, 4.69) is 40.0 Å². The van der Waals surface area contributed by atoms with Crippen molar-refractivity contribution in [2.75, 3.05) is 65.7 Å². The fraction of sp³-hybridized carbons (Fsp3) is 0.938. The molecule has 4 saturated heterocycles. The Bertz CT molecular complexity index is 918. The number of β-amino-alcohol motifs (C(OH)–C–C–N with tert-alkyl or cyclic N) is 1. The van der Waals surface area contributed by atoms with E-state index in [4.69, 9.17) is 21.1 Å². The zero-order chi connectivity index (χ0) is 31.1. The molecule has 5 rings (SSSR count). The Balaban J connectivity index is 0.965. The Morgan fingerprint density at radius 2 is 1.93 bits per heavy atom. The molecule has 0 aromatic carbocycles. The average molecular weight is 641 g/mol. The van der Waals surface area contributed by atoms with Crippen LogP contribution >= 0.6 is 11.6 Å². The third-order valence-electron chi connectivity index (χ3n) is 10.4. The van der Waals surface area contributed by atoms with Gasteiger partial charge >= 0.3 is 0 Å². The molecule has 5 fully saturated rings. The molecule has 2 amide bonds. The SMILES string of the molecule is CC(C)CC(=O)N1CCC(NC2CC(C(=O)NC[C@H](O)CN3CCC4C(CCC(OCC5CNCO5)C4Cl)C3)CCN2)CC1. The number of ether oxygens (including phenoxy) is 2. The van der Waals surface area contributed by atoms with Gasteiger partial charge in [-0.2, -0.15) is 0 Å². The lowest BCUT2D eigenvalue weighted by molar-refractivity contribution is -0.133. The van der Waals surface area contributed by atoms with Gasteiger partial charge < -0.3 is 35.0 Å². The maximum atomic E-state index is 13.1. The number of aliphatic hydroxyl groups is 1. The summed E-state index contributed by atoms with van der Waals surface area (Å²) < 4.78 is 11.8. The number of likely N-dealkylation sites (tertiary alicyclic amines) is 2. The molecule has 5 aliphatic rings. The van der Waals surface area contributed by atoms with Crippen molar-refractivity contribution in [2.24, 2.45) is 23.7 Å². The molecule has 0 spiro atoms. The summed E-state index contributed by atoms with van der Waals surface area (Å²) in [5.74, 6) is 1.57. The number of carbonyl (C=O) groups excluding carboxylic acids is 2. The number of aliphatic hydroxyl groups excluding tert-OH is 1. The van der Waals surface area contributed by atoms with Crippen molar-refractivity contribution in [3.63, 3.8) is 0 Å². The molecule has 252 valence electrons. The summed E-state index contributed by atoms with van der Waals surface area (Å²) >= 11 is 6.93. The van der Waals surface area contributed by atoms with Crippen molar-refractivity contribution in [3.05, 3.63) is 0 Å². The Kier molecular flexibility index (Phi) is 13.0. The number of rotatable bonds is 12. The number of piperidine rings is 3. The van der Waals surface area contributed by atoms with Crippen molar-refractivity contribution in [1.29, 1.82) is 0 Å². The first kappa shape index (κ1) is 34.3. The van der Waals surface area contributed by atoms with Crippen LogP contribution in [0, 0.1) is 23.7 Å². The molecule has 0 radical (unpaired) electrons. The van der Waals surface area contributed by atoms with Crippen LogP contribution in [0.15, 0.2) is 0 Å². The second-order valence-corrected chi connectivity index (χ2v) is 14.8. The van der Waals surface area contributed by atoms with Crippen LogP contribution in [0.1, 0.15) is 65.2 Å². The summed E-state index contributed by atoms with van der Waals surface area (Å²) in [6.45, 7) is 11.3. The molecule has 0 aromatic rings. The van der Waals surface area contributed by atoms with Gasteiger partial charge in [-0.25, -0.2) is 0 Å². The van der Waals surface area contributed by atoms with Crippen LogP contribution in [0.3, 0.4) is 0 Å². The van der Waals surface area contributed by atoms with Crippen LogP contribution in [0.4, 0.5) is 0 Å². The van der Waals surface area contributed by atoms with Gasteiger partial charge in [0.25, 0.3) is 0 Å². The van der Waals surface area contributed by atoms with Crippen LogP contribution in [-0.4, -0.2) is 128 Å². The van der Waals surface area contributed by atoms with E-state index in [0.717, 1.165) is 84.2 Å². The summed E-state index contributed by atoms with van der Waals surface area (Å²) in [5.41, 5.74) is 0. The fourth-order valence-corrected chi connectivity index (χ4v) is 8.39. The Morgan fingerprint density at radius 3 is 2.68 bits per heavy atom. The largest absolute Gasteiger partial charge is 0.390 e. The smallest absolute Gasteiger partial charge is 0.223 e. The van der Waals surface area contributed by atoms with Gasteiger partial charge in [0, 0.05) is 57.6 Å². The maximum Gasteiger partial charge on any atom is 0.223 e. The summed E-state index contributed by atoms with van der Waals surface area (Å²) in [4.78, 5) is 29.8. The van der Waals surface area contributed by atoms with Crippen molar-refractivity contribution < 1.29 is 24.2 Å². The van der Waals surface area contributed by atoms with Crippen molar-refractivity contribution in [3.8, 4) is 0 Å². The minimum absolute atomic E-state index is 0.0181. The molecule has 5 N–H and O–H groups in total. The van der Waals surface area contributed by atoms with Crippen LogP contribution < -0.4 is 21.3 Å². The summed E-state index contributed by atoms with van der Waals surface area (Å²) in [7, 11) is 0. The third kappa shape index (κ3) is 9.73. The van der Waals surface area contributed by atoms with Gasteiger partial charge in [-0.05, 0) is 75.8 Å². The van der Waals surface area contributed by atoms with E-state index in [1.807, 2.05) is 4.90 Å². The van der Waals surface area contributed by atoms with Gasteiger partial charge in [-0.15, -0.1) is 11.6 Å². The van der Waals surface area contributed by atoms with E-state index in [1.165, 1.54) is 0 Å². The second-order valence-electron chi connectivity index (χ2n) is 14.3. The number of alkyl halides is 1. The highest BCUT2D eigenvalue weighted by atomic mass is 35.5. The molecule has 12 heteroatoms. The maximum absolute atomic E-state index is 13.1. The van der Waals surface area contributed by atoms with E-state index in [-0.39, 0.29) is 48.0 Å². The van der Waals surface area contributed by atoms with Crippen LogP contribution in [0.2, 0.25) is 0 Å². The normalized spacial score (nSPS) is 34.6. The molecular formula is C32H57ClN6O5. The lowest BCUT2D eigenvalue weighted by atomic mass is 9.73. The molecule has 0 bridgehead atoms. The Labute approximate surface area is 268 Å². The third-order valence-corrected chi connectivity index (χ3v) is 11.0. The van der Waals surface area contributed by atoms with Gasteiger partial charge in [0.05, 0.1) is 43.2 Å². The topological polar surface area (TPSA) is 127 Å². The first-order chi connectivity index (χ1) is 21.2. The minimum atomic E-state index is -0.596. The molecule has 1 aliphatic carbocycles. The number of fused-ring (bicyclic) bond motifs is 1. The predicted molar refractivity (Wildman–Crippen MR) is 170 cm³/mol. The molecule has 1 saturated carbocycles. The summed E-state index contributed by atoms with van der Waals surface area (Å²) in [6.07, 6.45) is 6.79. The standard InChI is InChI=1S/C32H57ClN6O5/c1-21(2)13-30(41)39-11-6-24(7-12-39)37-29-14-22(5-9-35-29)32(42)36-15-25(40)18-38-10-8-27-23(17-38)3-4-28(31(27)33)43-19-26-16-34-20-44-26/h21-29,31,34-35,37,40H,3-20H2,1-2H3,(H,36,42)/t22?,23?,25-,26?,27?,28?,29?,31?/m0/s1. The van der Waals surface area contributed by atoms with Gasteiger partial charge in [0.15, 0.2) is 0 Å². The number of nitrogens with one attached hydrogen (secondary N) is 4. The zero-order valence-corrected chi connectivity index (χ0v) is 27.6. The molecule has 0 aromatic heterocycles. The monoisotopic (exact) mass is 640 g/mol. The highest BCUT2D eigenvalue weighted by Crippen LogP contribution is 2.40. The van der Waals surface area contributed by atoms with E-state index in [0.29, 0.717) is 50.1 Å². The van der Waals surface area contributed by atoms with Gasteiger partial charge in [0.2, 0.25) is 11.8 Å². The van der Waals surface area contributed by atoms with Gasteiger partial charge in [-0.3, -0.25) is 20.2 Å². The molecule has 8 atom stereocenters. The van der Waals surface area contributed by atoms with E-state index in [1.54, 1.807) is 0 Å². The Morgan fingerprint density at radius 1 is 1.11 bits per heavy atom. The van der Waals surface area contributed by atoms with Crippen molar-refractivity contribution in [1.82, 2.24) is 31.1 Å². The lowest BCUT2D eigenvalue weighted by Crippen LogP contribution is -2.56. The lowest BCUT2D eigenvalue weighted by Gasteiger charge is -2.46. The van der Waals surface area contributed by atoms with Gasteiger partial charge in [0.1, 0.15) is 0 Å². The quantitative estimate of drug-likeness (QED) is 0.199. The molecule has 4 heterocycles. The van der Waals surface area contributed by atoms with E-state index >= 15 is 0 Å². The number of amides is 2. The molecule has 44 heavy (non-hydrogen) atoms. The van der Waals surface area contributed by atoms with E-state index in [9.17, 15) is 14.7 Å². The Hall–Kier alpha value is -1.05. The van der Waals surface area contributed by atoms with E-state index < -0.39 is 6.10 Å². The molecular weight excluding hydrogens is 584 g/mol. The number of halogens is 1. The molecule has 4 aliphatic heterocycles. The summed E-state index contributed by atoms with van der Waals surface area (Å²) in [6, 6.07) is 0.351. The van der Waals surface area contributed by atoms with Crippen LogP contribution in [0.25, 0.3) is 0 Å². The number of carbonyl (C=O) groups is 2. The van der Waals surface area contributed by atoms with Crippen molar-refractivity contribution in [2.45, 2.75) is 101 Å². The minimum Gasteiger partial charge on any atom is -0.390 e. The number of hydrogen-bond acceptors (Lipinski definition) is 9. The van der Waals surface area contributed by atoms with Gasteiger partial charge in [-0.1, -0.05) is 13.8 Å². The highest BCUT2D eigenvalue weighted by molar-refractivity contribution is 6.21. The average Bonchev–Trinajstić information content (AvgIpc) is 3.53.